The zero-order valence-corrected chi connectivity index (χ0v) is 12.8. The molecule has 0 aliphatic rings. The van der Waals surface area contributed by atoms with E-state index in [1.807, 2.05) is 31.1 Å². The molecule has 3 N–H and O–H groups in total. The molecule has 21 heavy (non-hydrogen) atoms. The van der Waals surface area contributed by atoms with Crippen molar-refractivity contribution in [2.75, 3.05) is 47.0 Å². The molecule has 1 aromatic carbocycles. The summed E-state index contributed by atoms with van der Waals surface area (Å²) < 4.78 is 10.8. The molecule has 118 valence electrons. The molecular weight excluding hydrogens is 270 g/mol. The fraction of sp³-hybridized carbons (Fsp3) is 0.533. The van der Waals surface area contributed by atoms with Crippen LogP contribution in [0.3, 0.4) is 0 Å². The number of hydrogen-bond acceptors (Lipinski definition) is 5. The molecule has 1 aromatic rings. The van der Waals surface area contributed by atoms with Gasteiger partial charge in [-0.15, -0.1) is 0 Å². The lowest BCUT2D eigenvalue weighted by atomic mass is 10.2. The van der Waals surface area contributed by atoms with Gasteiger partial charge in [-0.25, -0.2) is 0 Å². The number of rotatable bonds is 10. The van der Waals surface area contributed by atoms with Gasteiger partial charge in [0.1, 0.15) is 5.75 Å². The minimum atomic E-state index is -0.158. The first-order valence-corrected chi connectivity index (χ1v) is 7.03. The highest BCUT2D eigenvalue weighted by atomic mass is 16.5. The van der Waals surface area contributed by atoms with Crippen LogP contribution in [0.25, 0.3) is 0 Å². The molecule has 0 radical (unpaired) electrons. The van der Waals surface area contributed by atoms with Gasteiger partial charge in [0.25, 0.3) is 5.91 Å². The zero-order valence-electron chi connectivity index (χ0n) is 12.8. The maximum absolute atomic E-state index is 11.6. The van der Waals surface area contributed by atoms with Gasteiger partial charge in [0.15, 0.2) is 6.61 Å². The highest BCUT2D eigenvalue weighted by Crippen LogP contribution is 2.11. The molecule has 0 unspecified atom stereocenters. The van der Waals surface area contributed by atoms with Crippen molar-refractivity contribution in [3.8, 4) is 5.75 Å². The molecule has 1 amide bonds. The second kappa shape index (κ2) is 10.1. The van der Waals surface area contributed by atoms with Crippen molar-refractivity contribution in [3.05, 3.63) is 29.8 Å². The van der Waals surface area contributed by atoms with Crippen molar-refractivity contribution in [2.24, 2.45) is 5.73 Å². The number of likely N-dealkylation sites (N-methyl/N-ethyl adjacent to an activating group) is 1. The van der Waals surface area contributed by atoms with Crippen LogP contribution < -0.4 is 15.8 Å². The number of nitrogens with one attached hydrogen (secondary N) is 1. The third-order valence-corrected chi connectivity index (χ3v) is 2.78. The van der Waals surface area contributed by atoms with E-state index < -0.39 is 0 Å². The molecule has 0 bridgehead atoms. The molecule has 0 aliphatic carbocycles. The molecule has 6 nitrogen and oxygen atoms in total. The summed E-state index contributed by atoms with van der Waals surface area (Å²) in [5, 5.41) is 2.74. The fourth-order valence-corrected chi connectivity index (χ4v) is 1.53. The summed E-state index contributed by atoms with van der Waals surface area (Å²) in [6.07, 6.45) is 0. The minimum absolute atomic E-state index is 0.000328. The van der Waals surface area contributed by atoms with Crippen LogP contribution in [-0.2, 0) is 16.1 Å². The van der Waals surface area contributed by atoms with Crippen LogP contribution in [0.1, 0.15) is 5.56 Å². The second-order valence-electron chi connectivity index (χ2n) is 4.90. The van der Waals surface area contributed by atoms with Gasteiger partial charge < -0.3 is 25.4 Å². The summed E-state index contributed by atoms with van der Waals surface area (Å²) in [6, 6.07) is 7.37. The Morgan fingerprint density at radius 2 is 1.95 bits per heavy atom. The van der Waals surface area contributed by atoms with Gasteiger partial charge in [-0.2, -0.15) is 0 Å². The lowest BCUT2D eigenvalue weighted by molar-refractivity contribution is -0.123. The van der Waals surface area contributed by atoms with Crippen molar-refractivity contribution in [1.29, 1.82) is 0 Å². The number of hydrogen-bond donors (Lipinski definition) is 2. The zero-order chi connectivity index (χ0) is 15.5. The predicted molar refractivity (Wildman–Crippen MR) is 82.2 cm³/mol. The number of carbonyl (C=O) groups excluding carboxylic acids is 1. The first-order chi connectivity index (χ1) is 10.1. The fourth-order valence-electron chi connectivity index (χ4n) is 1.53. The maximum atomic E-state index is 11.6. The van der Waals surface area contributed by atoms with Crippen molar-refractivity contribution >= 4 is 5.91 Å². The van der Waals surface area contributed by atoms with Crippen LogP contribution in [0.5, 0.6) is 5.75 Å². The molecule has 0 saturated heterocycles. The smallest absolute Gasteiger partial charge is 0.258 e. The largest absolute Gasteiger partial charge is 0.484 e. The van der Waals surface area contributed by atoms with Gasteiger partial charge >= 0.3 is 0 Å². The van der Waals surface area contributed by atoms with Crippen molar-refractivity contribution < 1.29 is 14.3 Å². The second-order valence-corrected chi connectivity index (χ2v) is 4.90. The van der Waals surface area contributed by atoms with E-state index in [9.17, 15) is 4.79 Å². The number of ether oxygens (including phenoxy) is 2. The first-order valence-electron chi connectivity index (χ1n) is 7.03. The lowest BCUT2D eigenvalue weighted by Crippen LogP contribution is -2.32. The summed E-state index contributed by atoms with van der Waals surface area (Å²) >= 11 is 0. The Morgan fingerprint density at radius 3 is 2.57 bits per heavy atom. The monoisotopic (exact) mass is 295 g/mol. The van der Waals surface area contributed by atoms with Crippen molar-refractivity contribution in [1.82, 2.24) is 10.2 Å². The van der Waals surface area contributed by atoms with Crippen LogP contribution >= 0.6 is 0 Å². The first kappa shape index (κ1) is 17.4. The van der Waals surface area contributed by atoms with E-state index in [2.05, 4.69) is 5.32 Å². The SMILES string of the molecule is CN(C)CCOCCNC(=O)COc1ccc(CN)cc1. The Kier molecular flexibility index (Phi) is 8.42. The summed E-state index contributed by atoms with van der Waals surface area (Å²) in [4.78, 5) is 13.6. The standard InChI is InChI=1S/C15H25N3O3/c1-18(2)8-10-20-9-7-17-15(19)12-21-14-5-3-13(11-16)4-6-14/h3-6H,7-12,16H2,1-2H3,(H,17,19). The Hall–Kier alpha value is -1.63. The third-order valence-electron chi connectivity index (χ3n) is 2.78. The molecule has 0 saturated carbocycles. The van der Waals surface area contributed by atoms with Gasteiger partial charge in [-0.05, 0) is 31.8 Å². The normalized spacial score (nSPS) is 10.7. The predicted octanol–water partition coefficient (Wildman–Crippen LogP) is 0.219. The molecule has 0 fully saturated rings. The Morgan fingerprint density at radius 1 is 1.24 bits per heavy atom. The van der Waals surface area contributed by atoms with Crippen molar-refractivity contribution in [3.63, 3.8) is 0 Å². The average Bonchev–Trinajstić information content (AvgIpc) is 2.49. The minimum Gasteiger partial charge on any atom is -0.484 e. The van der Waals surface area contributed by atoms with Crippen LogP contribution in [0.2, 0.25) is 0 Å². The van der Waals surface area contributed by atoms with Gasteiger partial charge in [0.2, 0.25) is 0 Å². The van der Waals surface area contributed by atoms with E-state index in [0.717, 1.165) is 12.1 Å². The Balaban J connectivity index is 2.08. The van der Waals surface area contributed by atoms with E-state index >= 15 is 0 Å². The topological polar surface area (TPSA) is 76.8 Å². The molecule has 0 spiro atoms. The van der Waals surface area contributed by atoms with Gasteiger partial charge in [0, 0.05) is 19.6 Å². The van der Waals surface area contributed by atoms with E-state index in [1.54, 1.807) is 12.1 Å². The number of amides is 1. The number of nitrogens with two attached hydrogens (primary N) is 1. The molecular formula is C15H25N3O3. The van der Waals surface area contributed by atoms with Gasteiger partial charge in [0.05, 0.1) is 13.2 Å². The molecule has 0 aliphatic heterocycles. The van der Waals surface area contributed by atoms with E-state index in [1.165, 1.54) is 0 Å². The average molecular weight is 295 g/mol. The summed E-state index contributed by atoms with van der Waals surface area (Å²) in [5.41, 5.74) is 6.54. The van der Waals surface area contributed by atoms with E-state index in [-0.39, 0.29) is 12.5 Å². The third kappa shape index (κ3) is 8.29. The summed E-state index contributed by atoms with van der Waals surface area (Å²) in [7, 11) is 3.98. The molecule has 1 rings (SSSR count). The van der Waals surface area contributed by atoms with Crippen LogP contribution in [0.4, 0.5) is 0 Å². The summed E-state index contributed by atoms with van der Waals surface area (Å²) in [5.74, 6) is 0.499. The van der Waals surface area contributed by atoms with E-state index in [0.29, 0.717) is 32.1 Å². The number of nitrogens with zero attached hydrogens (tertiary/aromatic N) is 1. The van der Waals surface area contributed by atoms with Gasteiger partial charge in [-0.1, -0.05) is 12.1 Å². The molecule has 6 heteroatoms. The Bertz CT molecular complexity index is 407. The number of carbonyl (C=O) groups is 1. The van der Waals surface area contributed by atoms with Crippen LogP contribution in [-0.4, -0.2) is 57.8 Å². The lowest BCUT2D eigenvalue weighted by Gasteiger charge is -2.10. The maximum Gasteiger partial charge on any atom is 0.258 e. The van der Waals surface area contributed by atoms with Crippen LogP contribution in [0, 0.1) is 0 Å². The molecule has 0 heterocycles. The van der Waals surface area contributed by atoms with Crippen molar-refractivity contribution in [2.45, 2.75) is 6.54 Å². The molecule has 0 aromatic heterocycles. The van der Waals surface area contributed by atoms with E-state index in [4.69, 9.17) is 15.2 Å². The number of benzene rings is 1. The summed E-state index contributed by atoms with van der Waals surface area (Å²) in [6.45, 7) is 3.02. The molecule has 0 atom stereocenters. The Labute approximate surface area is 126 Å². The van der Waals surface area contributed by atoms with Gasteiger partial charge in [-0.3, -0.25) is 4.79 Å². The highest BCUT2D eigenvalue weighted by molar-refractivity contribution is 5.77. The highest BCUT2D eigenvalue weighted by Gasteiger charge is 2.02. The quantitative estimate of drug-likeness (QED) is 0.604. The van der Waals surface area contributed by atoms with Crippen LogP contribution in [0.15, 0.2) is 24.3 Å².